The molecular formula is C19H16ClNO5S. The van der Waals surface area contributed by atoms with Gasteiger partial charge in [-0.25, -0.2) is 0 Å². The first kappa shape index (κ1) is 19.3. The van der Waals surface area contributed by atoms with Gasteiger partial charge in [0.25, 0.3) is 0 Å². The van der Waals surface area contributed by atoms with Crippen molar-refractivity contribution >= 4 is 46.7 Å². The van der Waals surface area contributed by atoms with Crippen molar-refractivity contribution in [2.75, 3.05) is 30.9 Å². The van der Waals surface area contributed by atoms with Gasteiger partial charge >= 0.3 is 5.97 Å². The first-order valence-corrected chi connectivity index (χ1v) is 9.40. The highest BCUT2D eigenvalue weighted by atomic mass is 35.5. The molecule has 0 atom stereocenters. The minimum Gasteiger partial charge on any atom is -0.495 e. The van der Waals surface area contributed by atoms with Gasteiger partial charge in [-0.1, -0.05) is 23.7 Å². The Morgan fingerprint density at radius 1 is 1.22 bits per heavy atom. The SMILES string of the molecule is COc1ccc(C(=O)COC(=O)CN2C(=O)CSc3ccccc32)cc1Cl. The van der Waals surface area contributed by atoms with Crippen LogP contribution in [-0.2, 0) is 14.3 Å². The number of halogens is 1. The summed E-state index contributed by atoms with van der Waals surface area (Å²) >= 11 is 7.43. The van der Waals surface area contributed by atoms with Crippen LogP contribution in [0.3, 0.4) is 0 Å². The molecule has 2 aromatic rings. The topological polar surface area (TPSA) is 72.9 Å². The summed E-state index contributed by atoms with van der Waals surface area (Å²) in [5.74, 6) is -0.519. The number of anilines is 1. The quantitative estimate of drug-likeness (QED) is 0.542. The molecule has 3 rings (SSSR count). The van der Waals surface area contributed by atoms with E-state index in [1.807, 2.05) is 12.1 Å². The summed E-state index contributed by atoms with van der Waals surface area (Å²) < 4.78 is 10.1. The van der Waals surface area contributed by atoms with Crippen LogP contribution < -0.4 is 9.64 Å². The number of nitrogens with zero attached hydrogens (tertiary/aromatic N) is 1. The Kier molecular flexibility index (Phi) is 6.03. The van der Waals surface area contributed by atoms with Crippen molar-refractivity contribution in [2.24, 2.45) is 0 Å². The molecule has 0 bridgehead atoms. The molecular weight excluding hydrogens is 390 g/mol. The molecule has 0 saturated heterocycles. The molecule has 1 heterocycles. The van der Waals surface area contributed by atoms with Gasteiger partial charge in [-0.05, 0) is 30.3 Å². The van der Waals surface area contributed by atoms with Gasteiger partial charge in [0.1, 0.15) is 12.3 Å². The molecule has 2 aromatic carbocycles. The number of esters is 1. The lowest BCUT2D eigenvalue weighted by Crippen LogP contribution is -2.40. The Morgan fingerprint density at radius 2 is 2.00 bits per heavy atom. The molecule has 1 amide bonds. The second-order valence-electron chi connectivity index (χ2n) is 5.67. The summed E-state index contributed by atoms with van der Waals surface area (Å²) in [6, 6.07) is 11.9. The number of rotatable bonds is 6. The smallest absolute Gasteiger partial charge is 0.326 e. The number of ether oxygens (including phenoxy) is 2. The predicted molar refractivity (Wildman–Crippen MR) is 103 cm³/mol. The van der Waals surface area contributed by atoms with E-state index in [0.29, 0.717) is 22.0 Å². The zero-order valence-electron chi connectivity index (χ0n) is 14.4. The van der Waals surface area contributed by atoms with Crippen LogP contribution in [0.5, 0.6) is 5.75 Å². The summed E-state index contributed by atoms with van der Waals surface area (Å²) in [7, 11) is 1.48. The van der Waals surface area contributed by atoms with Crippen LogP contribution in [0.2, 0.25) is 5.02 Å². The van der Waals surface area contributed by atoms with E-state index < -0.39 is 18.4 Å². The van der Waals surface area contributed by atoms with Crippen LogP contribution in [0.25, 0.3) is 0 Å². The fraction of sp³-hybridized carbons (Fsp3) is 0.211. The maximum absolute atomic E-state index is 12.2. The van der Waals surface area contributed by atoms with E-state index >= 15 is 0 Å². The van der Waals surface area contributed by atoms with Crippen molar-refractivity contribution in [1.29, 1.82) is 0 Å². The van der Waals surface area contributed by atoms with Crippen LogP contribution in [0.15, 0.2) is 47.4 Å². The third-order valence-corrected chi connectivity index (χ3v) is 5.28. The number of hydrogen-bond acceptors (Lipinski definition) is 6. The van der Waals surface area contributed by atoms with Crippen molar-refractivity contribution in [1.82, 2.24) is 0 Å². The van der Waals surface area contributed by atoms with E-state index in [9.17, 15) is 14.4 Å². The van der Waals surface area contributed by atoms with E-state index in [0.717, 1.165) is 4.90 Å². The summed E-state index contributed by atoms with van der Waals surface area (Å²) in [5, 5.41) is 0.294. The fourth-order valence-corrected chi connectivity index (χ4v) is 3.76. The fourth-order valence-electron chi connectivity index (χ4n) is 2.57. The zero-order chi connectivity index (χ0) is 19.4. The molecule has 1 aliphatic rings. The number of para-hydroxylation sites is 1. The minimum absolute atomic E-state index is 0.177. The van der Waals surface area contributed by atoms with Crippen molar-refractivity contribution in [2.45, 2.75) is 4.90 Å². The van der Waals surface area contributed by atoms with Crippen LogP contribution in [-0.4, -0.2) is 43.7 Å². The van der Waals surface area contributed by atoms with Gasteiger partial charge in [0.05, 0.1) is 23.6 Å². The third kappa shape index (κ3) is 4.43. The molecule has 1 aliphatic heterocycles. The maximum atomic E-state index is 12.2. The molecule has 0 aliphatic carbocycles. The van der Waals surface area contributed by atoms with Gasteiger partial charge < -0.3 is 9.47 Å². The highest BCUT2D eigenvalue weighted by molar-refractivity contribution is 8.00. The third-order valence-electron chi connectivity index (χ3n) is 3.93. The van der Waals surface area contributed by atoms with Crippen LogP contribution >= 0.6 is 23.4 Å². The zero-order valence-corrected chi connectivity index (χ0v) is 16.0. The average molecular weight is 406 g/mol. The van der Waals surface area contributed by atoms with Gasteiger partial charge in [-0.15, -0.1) is 11.8 Å². The van der Waals surface area contributed by atoms with E-state index in [4.69, 9.17) is 21.1 Å². The second kappa shape index (κ2) is 8.45. The average Bonchev–Trinajstić information content (AvgIpc) is 2.68. The summed E-state index contributed by atoms with van der Waals surface area (Å²) in [5.41, 5.74) is 0.980. The molecule has 0 spiro atoms. The first-order chi connectivity index (χ1) is 13.0. The lowest BCUT2D eigenvalue weighted by molar-refractivity contribution is -0.141. The minimum atomic E-state index is -0.655. The molecule has 27 heavy (non-hydrogen) atoms. The number of hydrogen-bond donors (Lipinski definition) is 0. The Labute approximate surface area is 165 Å². The molecule has 0 unspecified atom stereocenters. The molecule has 140 valence electrons. The Hall–Kier alpha value is -2.51. The molecule has 0 fully saturated rings. The van der Waals surface area contributed by atoms with Crippen molar-refractivity contribution in [3.63, 3.8) is 0 Å². The van der Waals surface area contributed by atoms with Gasteiger partial charge in [-0.2, -0.15) is 0 Å². The number of methoxy groups -OCH3 is 1. The lowest BCUT2D eigenvalue weighted by atomic mass is 10.1. The van der Waals surface area contributed by atoms with Crippen LogP contribution in [0, 0.1) is 0 Å². The van der Waals surface area contributed by atoms with E-state index in [1.54, 1.807) is 24.3 Å². The summed E-state index contributed by atoms with van der Waals surface area (Å²) in [6.07, 6.45) is 0. The molecule has 0 N–H and O–H groups in total. The molecule has 0 radical (unpaired) electrons. The second-order valence-corrected chi connectivity index (χ2v) is 7.09. The lowest BCUT2D eigenvalue weighted by Gasteiger charge is -2.27. The van der Waals surface area contributed by atoms with Crippen molar-refractivity contribution < 1.29 is 23.9 Å². The number of carbonyl (C=O) groups is 3. The monoisotopic (exact) mass is 405 g/mol. The Bertz CT molecular complexity index is 901. The molecule has 6 nitrogen and oxygen atoms in total. The number of amides is 1. The van der Waals surface area contributed by atoms with E-state index in [1.165, 1.54) is 29.8 Å². The summed E-state index contributed by atoms with van der Waals surface area (Å²) in [4.78, 5) is 38.8. The van der Waals surface area contributed by atoms with Gasteiger partial charge in [-0.3, -0.25) is 19.3 Å². The van der Waals surface area contributed by atoms with Gasteiger partial charge in [0.15, 0.2) is 12.4 Å². The predicted octanol–water partition coefficient (Wildman–Crippen LogP) is 3.21. The number of benzene rings is 2. The molecule has 8 heteroatoms. The normalized spacial score (nSPS) is 13.1. The number of fused-ring (bicyclic) bond motifs is 1. The van der Waals surface area contributed by atoms with Crippen molar-refractivity contribution in [3.8, 4) is 5.75 Å². The molecule has 0 saturated carbocycles. The van der Waals surface area contributed by atoms with Gasteiger partial charge in [0.2, 0.25) is 5.91 Å². The van der Waals surface area contributed by atoms with Crippen molar-refractivity contribution in [3.05, 3.63) is 53.1 Å². The molecule has 0 aromatic heterocycles. The standard InChI is InChI=1S/C19H16ClNO5S/c1-25-16-7-6-12(8-13(16)20)15(22)10-26-19(24)9-21-14-4-2-3-5-17(14)27-11-18(21)23/h2-8H,9-11H2,1H3. The van der Waals surface area contributed by atoms with Crippen LogP contribution in [0.4, 0.5) is 5.69 Å². The van der Waals surface area contributed by atoms with E-state index in [-0.39, 0.29) is 18.2 Å². The number of Topliss-reactive ketones (excluding diaryl/α,β-unsaturated/α-hetero) is 1. The Balaban J connectivity index is 1.61. The van der Waals surface area contributed by atoms with Gasteiger partial charge in [0, 0.05) is 10.5 Å². The summed E-state index contributed by atoms with van der Waals surface area (Å²) in [6.45, 7) is -0.674. The Morgan fingerprint density at radius 3 is 2.74 bits per heavy atom. The number of carbonyl (C=O) groups excluding carboxylic acids is 3. The van der Waals surface area contributed by atoms with Crippen LogP contribution in [0.1, 0.15) is 10.4 Å². The van der Waals surface area contributed by atoms with E-state index in [2.05, 4.69) is 0 Å². The highest BCUT2D eigenvalue weighted by Gasteiger charge is 2.27. The number of ketones is 1. The maximum Gasteiger partial charge on any atom is 0.326 e. The first-order valence-electron chi connectivity index (χ1n) is 8.04. The number of thioether (sulfide) groups is 1. The largest absolute Gasteiger partial charge is 0.495 e. The highest BCUT2D eigenvalue weighted by Crippen LogP contribution is 2.34.